The highest BCUT2D eigenvalue weighted by Crippen LogP contribution is 2.30. The number of hydrogen-bond acceptors (Lipinski definition) is 7. The van der Waals surface area contributed by atoms with E-state index in [2.05, 4.69) is 14.1 Å². The van der Waals surface area contributed by atoms with Gasteiger partial charge in [-0.1, -0.05) is 12.1 Å². The van der Waals surface area contributed by atoms with Crippen molar-refractivity contribution in [2.45, 2.75) is 5.25 Å². The zero-order valence-electron chi connectivity index (χ0n) is 9.58. The maximum Gasteiger partial charge on any atom is 0.354 e. The summed E-state index contributed by atoms with van der Waals surface area (Å²) < 4.78 is 33.6. The first-order valence-electron chi connectivity index (χ1n) is 4.89. The van der Waals surface area contributed by atoms with Gasteiger partial charge in [-0.25, -0.2) is 9.59 Å². The quantitative estimate of drug-likeness (QED) is 0.344. The van der Waals surface area contributed by atoms with Crippen molar-refractivity contribution in [3.63, 3.8) is 0 Å². The highest BCUT2D eigenvalue weighted by Gasteiger charge is 2.34. The Morgan fingerprint density at radius 1 is 1.30 bits per heavy atom. The molecule has 0 saturated carbocycles. The lowest BCUT2D eigenvalue weighted by Gasteiger charge is -2.15. The summed E-state index contributed by atoms with van der Waals surface area (Å²) in [4.78, 5) is 22.4. The van der Waals surface area contributed by atoms with Gasteiger partial charge < -0.3 is 15.1 Å². The van der Waals surface area contributed by atoms with Crippen LogP contribution in [-0.4, -0.2) is 28.9 Å². The van der Waals surface area contributed by atoms with Gasteiger partial charge in [0.15, 0.2) is 6.61 Å². The number of ether oxygens (including phenoxy) is 1. The predicted octanol–water partition coefficient (Wildman–Crippen LogP) is 1.01. The molecule has 0 aliphatic carbocycles. The number of halogens is 2. The number of carboxylic acid groups (broad SMARTS) is 1. The Morgan fingerprint density at radius 2 is 1.90 bits per heavy atom. The zero-order valence-corrected chi connectivity index (χ0v) is 10.4. The fourth-order valence-corrected chi connectivity index (χ4v) is 1.40. The second-order valence-electron chi connectivity index (χ2n) is 3.28. The molecule has 0 aliphatic heterocycles. The standard InChI is InChI=1S/C10H8F2O7S/c11-10(12,20-19-18-16)5-17-9(15)7-4-2-1-3-6(7)8(13)14/h1-4,16H,5H2,(H,13,14)/p-1. The van der Waals surface area contributed by atoms with Crippen molar-refractivity contribution in [1.29, 1.82) is 0 Å². The average molecular weight is 309 g/mol. The van der Waals surface area contributed by atoms with E-state index in [-0.39, 0.29) is 11.1 Å². The van der Waals surface area contributed by atoms with Gasteiger partial charge in [-0.15, -0.1) is 0 Å². The van der Waals surface area contributed by atoms with Crippen LogP contribution < -0.4 is 5.26 Å². The molecule has 1 N–H and O–H groups in total. The van der Waals surface area contributed by atoms with E-state index in [9.17, 15) is 23.6 Å². The number of hydrogen-bond donors (Lipinski definition) is 1. The maximum absolute atomic E-state index is 13.0. The van der Waals surface area contributed by atoms with E-state index >= 15 is 0 Å². The largest absolute Gasteiger partial charge is 0.691 e. The molecule has 0 fully saturated rings. The second-order valence-corrected chi connectivity index (χ2v) is 4.18. The van der Waals surface area contributed by atoms with Gasteiger partial charge >= 0.3 is 17.2 Å². The van der Waals surface area contributed by atoms with Crippen LogP contribution in [0.4, 0.5) is 8.78 Å². The van der Waals surface area contributed by atoms with Crippen molar-refractivity contribution in [1.82, 2.24) is 0 Å². The average Bonchev–Trinajstić information content (AvgIpc) is 2.42. The molecule has 0 aromatic heterocycles. The molecular weight excluding hydrogens is 302 g/mol. The van der Waals surface area contributed by atoms with E-state index in [0.717, 1.165) is 12.1 Å². The molecule has 7 nitrogen and oxygen atoms in total. The second kappa shape index (κ2) is 7.14. The van der Waals surface area contributed by atoms with Crippen molar-refractivity contribution >= 4 is 24.0 Å². The summed E-state index contributed by atoms with van der Waals surface area (Å²) in [6, 6.07) is 4.96. The molecule has 1 aromatic carbocycles. The lowest BCUT2D eigenvalue weighted by molar-refractivity contribution is -0.777. The van der Waals surface area contributed by atoms with E-state index in [4.69, 9.17) is 5.11 Å². The van der Waals surface area contributed by atoms with Crippen LogP contribution in [0, 0.1) is 0 Å². The third-order valence-electron chi connectivity index (χ3n) is 1.93. The Morgan fingerprint density at radius 3 is 2.45 bits per heavy atom. The van der Waals surface area contributed by atoms with E-state index in [1.54, 1.807) is 0 Å². The lowest BCUT2D eigenvalue weighted by Crippen LogP contribution is -2.24. The van der Waals surface area contributed by atoms with Gasteiger partial charge in [-0.2, -0.15) is 13.1 Å². The molecule has 10 heteroatoms. The molecule has 0 radical (unpaired) electrons. The van der Waals surface area contributed by atoms with E-state index in [0.29, 0.717) is 0 Å². The maximum atomic E-state index is 13.0. The van der Waals surface area contributed by atoms with Gasteiger partial charge in [0, 0.05) is 0 Å². The third-order valence-corrected chi connectivity index (χ3v) is 2.42. The number of aromatic carboxylic acids is 1. The highest BCUT2D eigenvalue weighted by molar-refractivity contribution is 7.95. The third kappa shape index (κ3) is 4.74. The normalized spacial score (nSPS) is 11.2. The minimum atomic E-state index is -3.72. The van der Waals surface area contributed by atoms with Crippen LogP contribution in [0.15, 0.2) is 24.3 Å². The van der Waals surface area contributed by atoms with Crippen molar-refractivity contribution < 1.29 is 42.8 Å². The number of carbonyl (C=O) groups excluding carboxylic acids is 1. The number of rotatable bonds is 7. The summed E-state index contributed by atoms with van der Waals surface area (Å²) >= 11 is -0.635. The van der Waals surface area contributed by atoms with Crippen LogP contribution in [0.5, 0.6) is 0 Å². The summed E-state index contributed by atoms with van der Waals surface area (Å²) in [5, 5.41) is 17.2. The molecule has 1 aromatic rings. The van der Waals surface area contributed by atoms with Crippen LogP contribution in [0.3, 0.4) is 0 Å². The number of alkyl halides is 2. The van der Waals surface area contributed by atoms with Crippen LogP contribution in [-0.2, 0) is 14.1 Å². The van der Waals surface area contributed by atoms with Crippen LogP contribution in [0.1, 0.15) is 20.7 Å². The molecular formula is C10H7F2O7S-. The van der Waals surface area contributed by atoms with E-state index in [1.807, 2.05) is 0 Å². The van der Waals surface area contributed by atoms with Crippen LogP contribution in [0.2, 0.25) is 0 Å². The fourth-order valence-electron chi connectivity index (χ4n) is 1.16. The molecule has 110 valence electrons. The monoisotopic (exact) mass is 309 g/mol. The zero-order chi connectivity index (χ0) is 15.2. The van der Waals surface area contributed by atoms with E-state index in [1.165, 1.54) is 12.1 Å². The molecule has 0 aliphatic rings. The minimum absolute atomic E-state index is 0.373. The van der Waals surface area contributed by atoms with Gasteiger partial charge in [-0.05, 0) is 12.1 Å². The molecule has 20 heavy (non-hydrogen) atoms. The molecule has 0 unspecified atom stereocenters. The Kier molecular flexibility index (Phi) is 5.82. The fraction of sp³-hybridized carbons (Fsp3) is 0.200. The first kappa shape index (κ1) is 16.3. The summed E-state index contributed by atoms with van der Waals surface area (Å²) in [5.41, 5.74) is -0.755. The molecule has 0 saturated heterocycles. The van der Waals surface area contributed by atoms with Gasteiger partial charge in [0.2, 0.25) is 0 Å². The van der Waals surface area contributed by atoms with Crippen molar-refractivity contribution in [3.05, 3.63) is 35.4 Å². The van der Waals surface area contributed by atoms with Crippen LogP contribution in [0.25, 0.3) is 0 Å². The van der Waals surface area contributed by atoms with Crippen molar-refractivity contribution in [2.75, 3.05) is 6.61 Å². The Bertz CT molecular complexity index is 494. The first-order chi connectivity index (χ1) is 9.37. The summed E-state index contributed by atoms with van der Waals surface area (Å²) in [6.45, 7) is -1.42. The number of benzene rings is 1. The topological polar surface area (TPSA) is 105 Å². The van der Waals surface area contributed by atoms with Gasteiger partial charge in [0.1, 0.15) is 12.0 Å². The summed E-state index contributed by atoms with van der Waals surface area (Å²) in [6.07, 6.45) is 0. The summed E-state index contributed by atoms with van der Waals surface area (Å²) in [5.74, 6) is -2.65. The molecule has 0 atom stereocenters. The predicted molar refractivity (Wildman–Crippen MR) is 58.4 cm³/mol. The molecule has 0 bridgehead atoms. The number of carboxylic acids is 1. The molecule has 0 spiro atoms. The SMILES string of the molecule is O=C(O)c1ccccc1C(=O)OCC(F)(F)SOO[O-]. The van der Waals surface area contributed by atoms with Gasteiger partial charge in [-0.3, -0.25) is 5.04 Å². The molecule has 0 amide bonds. The minimum Gasteiger partial charge on any atom is -0.691 e. The van der Waals surface area contributed by atoms with Crippen molar-refractivity contribution in [2.24, 2.45) is 0 Å². The lowest BCUT2D eigenvalue weighted by atomic mass is 10.1. The van der Waals surface area contributed by atoms with Gasteiger partial charge in [0.25, 0.3) is 0 Å². The Labute approximate surface area is 115 Å². The molecule has 0 heterocycles. The Balaban J connectivity index is 2.70. The number of carbonyl (C=O) groups is 2. The smallest absolute Gasteiger partial charge is 0.354 e. The molecule has 1 rings (SSSR count). The van der Waals surface area contributed by atoms with Crippen LogP contribution >= 0.6 is 12.0 Å². The van der Waals surface area contributed by atoms with E-state index < -0.39 is 35.8 Å². The first-order valence-corrected chi connectivity index (χ1v) is 5.63. The summed E-state index contributed by atoms with van der Waals surface area (Å²) in [7, 11) is 0. The Hall–Kier alpha value is -1.75. The van der Waals surface area contributed by atoms with Gasteiger partial charge in [0.05, 0.1) is 11.1 Å². The highest BCUT2D eigenvalue weighted by atomic mass is 32.2. The van der Waals surface area contributed by atoms with Crippen molar-refractivity contribution in [3.8, 4) is 0 Å². The number of esters is 1.